The van der Waals surface area contributed by atoms with Crippen LogP contribution in [0.15, 0.2) is 11.4 Å². The fourth-order valence-corrected chi connectivity index (χ4v) is 2.37. The predicted octanol–water partition coefficient (Wildman–Crippen LogP) is 2.32. The Kier molecular flexibility index (Phi) is 2.21. The number of piperidine rings is 1. The summed E-state index contributed by atoms with van der Waals surface area (Å²) >= 11 is 1.63. The van der Waals surface area contributed by atoms with E-state index < -0.39 is 0 Å². The van der Waals surface area contributed by atoms with Gasteiger partial charge in [0.1, 0.15) is 5.00 Å². The largest absolute Gasteiger partial charge is 0.389 e. The van der Waals surface area contributed by atoms with E-state index >= 15 is 0 Å². The molecule has 1 aliphatic rings. The van der Waals surface area contributed by atoms with Crippen LogP contribution >= 0.6 is 11.3 Å². The molecule has 0 radical (unpaired) electrons. The van der Waals surface area contributed by atoms with E-state index in [1.807, 2.05) is 0 Å². The highest BCUT2D eigenvalue weighted by Crippen LogP contribution is 2.30. The maximum atomic E-state index is 5.85. The summed E-state index contributed by atoms with van der Waals surface area (Å²) in [5.41, 5.74) is 7.10. The van der Waals surface area contributed by atoms with Gasteiger partial charge in [0.2, 0.25) is 0 Å². The average Bonchev–Trinajstić information content (AvgIpc) is 2.53. The second kappa shape index (κ2) is 3.35. The molecule has 2 nitrogen and oxygen atoms in total. The van der Waals surface area contributed by atoms with Crippen molar-refractivity contribution in [1.82, 2.24) is 0 Å². The van der Waals surface area contributed by atoms with Crippen LogP contribution < -0.4 is 10.6 Å². The van der Waals surface area contributed by atoms with Gasteiger partial charge < -0.3 is 10.6 Å². The lowest BCUT2D eigenvalue weighted by atomic mass is 10.1. The molecule has 2 rings (SSSR count). The standard InChI is InChI=1S/C9H14N2S/c10-9-8(4-7-12-9)11-5-2-1-3-6-11/h4,7H,1-3,5-6,10H2. The van der Waals surface area contributed by atoms with E-state index in [2.05, 4.69) is 16.3 Å². The lowest BCUT2D eigenvalue weighted by Crippen LogP contribution is -2.29. The van der Waals surface area contributed by atoms with Gasteiger partial charge in [-0.1, -0.05) is 0 Å². The van der Waals surface area contributed by atoms with Crippen LogP contribution in [-0.2, 0) is 0 Å². The minimum Gasteiger partial charge on any atom is -0.389 e. The number of thiophene rings is 1. The summed E-state index contributed by atoms with van der Waals surface area (Å²) in [7, 11) is 0. The van der Waals surface area contributed by atoms with E-state index in [4.69, 9.17) is 5.73 Å². The highest BCUT2D eigenvalue weighted by atomic mass is 32.1. The number of nitrogens with two attached hydrogens (primary N) is 1. The van der Waals surface area contributed by atoms with E-state index in [1.54, 1.807) is 11.3 Å². The van der Waals surface area contributed by atoms with Crippen molar-refractivity contribution in [3.8, 4) is 0 Å². The number of hydrogen-bond donors (Lipinski definition) is 1. The topological polar surface area (TPSA) is 29.3 Å². The Labute approximate surface area is 77.0 Å². The third-order valence-electron chi connectivity index (χ3n) is 2.37. The smallest absolute Gasteiger partial charge is 0.109 e. The van der Waals surface area contributed by atoms with Gasteiger partial charge in [-0.15, -0.1) is 11.3 Å². The third kappa shape index (κ3) is 1.41. The van der Waals surface area contributed by atoms with Crippen molar-refractivity contribution in [2.24, 2.45) is 0 Å². The summed E-state index contributed by atoms with van der Waals surface area (Å²) < 4.78 is 0. The van der Waals surface area contributed by atoms with Gasteiger partial charge in [-0.25, -0.2) is 0 Å². The Morgan fingerprint density at radius 3 is 2.58 bits per heavy atom. The minimum absolute atomic E-state index is 0.969. The number of rotatable bonds is 1. The first-order valence-corrected chi connectivity index (χ1v) is 5.34. The maximum absolute atomic E-state index is 5.85. The maximum Gasteiger partial charge on any atom is 0.109 e. The highest BCUT2D eigenvalue weighted by Gasteiger charge is 2.13. The predicted molar refractivity (Wildman–Crippen MR) is 54.8 cm³/mol. The molecule has 3 heteroatoms. The second-order valence-corrected chi connectivity index (χ2v) is 4.17. The van der Waals surface area contributed by atoms with Gasteiger partial charge in [0.15, 0.2) is 0 Å². The lowest BCUT2D eigenvalue weighted by molar-refractivity contribution is 0.579. The van der Waals surface area contributed by atoms with Gasteiger partial charge in [-0.2, -0.15) is 0 Å². The summed E-state index contributed by atoms with van der Waals surface area (Å²) in [6, 6.07) is 2.13. The zero-order chi connectivity index (χ0) is 8.39. The summed E-state index contributed by atoms with van der Waals surface area (Å²) in [4.78, 5) is 2.40. The molecule has 1 saturated heterocycles. The molecule has 1 fully saturated rings. The second-order valence-electron chi connectivity index (χ2n) is 3.22. The number of nitrogens with zero attached hydrogens (tertiary/aromatic N) is 1. The third-order valence-corrected chi connectivity index (χ3v) is 3.11. The quantitative estimate of drug-likeness (QED) is 0.722. The summed E-state index contributed by atoms with van der Waals surface area (Å²) in [5, 5.41) is 3.04. The average molecular weight is 182 g/mol. The summed E-state index contributed by atoms with van der Waals surface area (Å²) in [5.74, 6) is 0. The zero-order valence-electron chi connectivity index (χ0n) is 7.12. The van der Waals surface area contributed by atoms with Crippen molar-refractivity contribution in [3.05, 3.63) is 11.4 Å². The molecule has 1 aromatic heterocycles. The van der Waals surface area contributed by atoms with Crippen LogP contribution in [0.5, 0.6) is 0 Å². The number of nitrogen functional groups attached to an aromatic ring is 1. The van der Waals surface area contributed by atoms with Crippen molar-refractivity contribution >= 4 is 22.0 Å². The van der Waals surface area contributed by atoms with E-state index in [1.165, 1.54) is 38.0 Å². The Balaban J connectivity index is 2.13. The van der Waals surface area contributed by atoms with Crippen molar-refractivity contribution in [1.29, 1.82) is 0 Å². The van der Waals surface area contributed by atoms with Crippen LogP contribution in [0, 0.1) is 0 Å². The van der Waals surface area contributed by atoms with Crippen molar-refractivity contribution in [2.45, 2.75) is 19.3 Å². The van der Waals surface area contributed by atoms with Crippen molar-refractivity contribution in [2.75, 3.05) is 23.7 Å². The van der Waals surface area contributed by atoms with E-state index in [0.29, 0.717) is 0 Å². The van der Waals surface area contributed by atoms with E-state index in [9.17, 15) is 0 Å². The molecule has 0 aromatic carbocycles. The fraction of sp³-hybridized carbons (Fsp3) is 0.556. The molecule has 0 amide bonds. The molecule has 66 valence electrons. The Bertz CT molecular complexity index is 251. The Hall–Kier alpha value is -0.700. The molecule has 1 aromatic rings. The summed E-state index contributed by atoms with van der Waals surface area (Å²) in [6.07, 6.45) is 4.01. The van der Waals surface area contributed by atoms with Gasteiger partial charge in [-0.3, -0.25) is 0 Å². The molecule has 12 heavy (non-hydrogen) atoms. The van der Waals surface area contributed by atoms with Crippen LogP contribution in [0.3, 0.4) is 0 Å². The normalized spacial score (nSPS) is 18.2. The van der Waals surface area contributed by atoms with Gasteiger partial charge in [0.25, 0.3) is 0 Å². The van der Waals surface area contributed by atoms with Gasteiger partial charge in [0, 0.05) is 13.1 Å². The van der Waals surface area contributed by atoms with Crippen molar-refractivity contribution < 1.29 is 0 Å². The Morgan fingerprint density at radius 2 is 2.00 bits per heavy atom. The molecular weight excluding hydrogens is 168 g/mol. The summed E-state index contributed by atoms with van der Waals surface area (Å²) in [6.45, 7) is 2.36. The first-order chi connectivity index (χ1) is 5.88. The molecule has 2 heterocycles. The van der Waals surface area contributed by atoms with E-state index in [0.717, 1.165) is 5.00 Å². The lowest BCUT2D eigenvalue weighted by Gasteiger charge is -2.28. The first-order valence-electron chi connectivity index (χ1n) is 4.46. The molecule has 0 spiro atoms. The fourth-order valence-electron chi connectivity index (χ4n) is 1.71. The molecule has 0 saturated carbocycles. The van der Waals surface area contributed by atoms with Crippen LogP contribution in [-0.4, -0.2) is 13.1 Å². The molecule has 0 atom stereocenters. The molecular formula is C9H14N2S. The van der Waals surface area contributed by atoms with Crippen LogP contribution in [0.2, 0.25) is 0 Å². The van der Waals surface area contributed by atoms with Gasteiger partial charge in [0.05, 0.1) is 5.69 Å². The van der Waals surface area contributed by atoms with Gasteiger partial charge >= 0.3 is 0 Å². The van der Waals surface area contributed by atoms with Crippen LogP contribution in [0.1, 0.15) is 19.3 Å². The highest BCUT2D eigenvalue weighted by molar-refractivity contribution is 7.14. The SMILES string of the molecule is Nc1sccc1N1CCCCC1. The van der Waals surface area contributed by atoms with Crippen molar-refractivity contribution in [3.63, 3.8) is 0 Å². The molecule has 0 bridgehead atoms. The zero-order valence-corrected chi connectivity index (χ0v) is 7.94. The first kappa shape index (κ1) is 7.92. The number of hydrogen-bond acceptors (Lipinski definition) is 3. The van der Waals surface area contributed by atoms with Crippen LogP contribution in [0.4, 0.5) is 10.7 Å². The monoisotopic (exact) mass is 182 g/mol. The minimum atomic E-state index is 0.969. The molecule has 2 N–H and O–H groups in total. The molecule has 0 aliphatic carbocycles. The Morgan fingerprint density at radius 1 is 1.25 bits per heavy atom. The number of anilines is 2. The molecule has 0 unspecified atom stereocenters. The van der Waals surface area contributed by atoms with Gasteiger partial charge in [-0.05, 0) is 30.7 Å². The molecule has 1 aliphatic heterocycles. The van der Waals surface area contributed by atoms with Crippen LogP contribution in [0.25, 0.3) is 0 Å². The van der Waals surface area contributed by atoms with E-state index in [-0.39, 0.29) is 0 Å².